The second-order valence-corrected chi connectivity index (χ2v) is 7.36. The van der Waals surface area contributed by atoms with E-state index in [1.807, 2.05) is 25.7 Å². The molecule has 1 rings (SSSR count). The number of amides is 2. The van der Waals surface area contributed by atoms with Gasteiger partial charge in [-0.2, -0.15) is 0 Å². The molecule has 0 saturated heterocycles. The summed E-state index contributed by atoms with van der Waals surface area (Å²) in [6.45, 7) is 11.2. The number of carbonyl (C=O) groups is 2. The van der Waals surface area contributed by atoms with Gasteiger partial charge >= 0.3 is 12.0 Å². The minimum atomic E-state index is -0.864. The van der Waals surface area contributed by atoms with E-state index >= 15 is 0 Å². The fourth-order valence-corrected chi connectivity index (χ4v) is 2.30. The quantitative estimate of drug-likeness (QED) is 0.785. The van der Waals surface area contributed by atoms with Crippen LogP contribution >= 0.6 is 0 Å². The van der Waals surface area contributed by atoms with Crippen LogP contribution in [0.4, 0.5) is 4.79 Å². The van der Waals surface area contributed by atoms with Crippen molar-refractivity contribution in [1.29, 1.82) is 0 Å². The van der Waals surface area contributed by atoms with Gasteiger partial charge in [0, 0.05) is 24.7 Å². The first-order valence-corrected chi connectivity index (χ1v) is 7.93. The minimum absolute atomic E-state index is 0.00750. The van der Waals surface area contributed by atoms with E-state index in [2.05, 4.69) is 13.8 Å². The number of hydrogen-bond acceptors (Lipinski definition) is 2. The third-order valence-corrected chi connectivity index (χ3v) is 3.77. The molecule has 0 aromatic carbocycles. The monoisotopic (exact) mass is 298 g/mol. The van der Waals surface area contributed by atoms with Crippen molar-refractivity contribution in [2.75, 3.05) is 13.1 Å². The molecule has 0 heterocycles. The molecule has 2 amide bonds. The van der Waals surface area contributed by atoms with E-state index in [0.717, 1.165) is 25.8 Å². The number of nitrogens with zero attached hydrogens (tertiary/aromatic N) is 2. The van der Waals surface area contributed by atoms with Crippen molar-refractivity contribution in [3.05, 3.63) is 0 Å². The lowest BCUT2D eigenvalue weighted by Crippen LogP contribution is -2.53. The highest BCUT2D eigenvalue weighted by molar-refractivity contribution is 5.77. The van der Waals surface area contributed by atoms with Crippen LogP contribution in [0.25, 0.3) is 0 Å². The molecule has 0 aromatic rings. The largest absolute Gasteiger partial charge is 0.481 e. The van der Waals surface area contributed by atoms with Crippen LogP contribution in [0.5, 0.6) is 0 Å². The Bertz CT molecular complexity index is 370. The maximum Gasteiger partial charge on any atom is 0.320 e. The van der Waals surface area contributed by atoms with Gasteiger partial charge in [0.15, 0.2) is 0 Å². The van der Waals surface area contributed by atoms with Crippen molar-refractivity contribution in [3.63, 3.8) is 0 Å². The molecule has 0 atom stereocenters. The summed E-state index contributed by atoms with van der Waals surface area (Å²) in [6.07, 6.45) is 3.12. The first-order chi connectivity index (χ1) is 9.62. The molecular weight excluding hydrogens is 268 g/mol. The Morgan fingerprint density at radius 2 is 1.76 bits per heavy atom. The highest BCUT2D eigenvalue weighted by Crippen LogP contribution is 2.30. The van der Waals surface area contributed by atoms with Gasteiger partial charge in [-0.1, -0.05) is 13.8 Å². The predicted octanol–water partition coefficient (Wildman–Crippen LogP) is 3.19. The molecule has 0 unspecified atom stereocenters. The third-order valence-electron chi connectivity index (χ3n) is 3.77. The molecule has 5 heteroatoms. The summed E-state index contributed by atoms with van der Waals surface area (Å²) >= 11 is 0. The second-order valence-electron chi connectivity index (χ2n) is 7.36. The van der Waals surface area contributed by atoms with Gasteiger partial charge in [0.25, 0.3) is 0 Å². The standard InChI is InChI=1S/C16H30N2O3/c1-12(2)8-10-17(13-6-7-13)15(21)18(16(3,4)5)11-9-14(19)20/h12-13H,6-11H2,1-5H3,(H,19,20). The number of carboxylic acids is 1. The van der Waals surface area contributed by atoms with E-state index < -0.39 is 5.97 Å². The predicted molar refractivity (Wildman–Crippen MR) is 83.3 cm³/mol. The van der Waals surface area contributed by atoms with Gasteiger partial charge in [0.1, 0.15) is 0 Å². The van der Waals surface area contributed by atoms with Crippen LogP contribution < -0.4 is 0 Å². The van der Waals surface area contributed by atoms with Crippen LogP contribution in [0.2, 0.25) is 0 Å². The number of carbonyl (C=O) groups excluding carboxylic acids is 1. The molecule has 1 aliphatic carbocycles. The molecule has 0 spiro atoms. The van der Waals surface area contributed by atoms with Crippen molar-refractivity contribution < 1.29 is 14.7 Å². The molecule has 1 saturated carbocycles. The first-order valence-electron chi connectivity index (χ1n) is 7.93. The fourth-order valence-electron chi connectivity index (χ4n) is 2.30. The summed E-state index contributed by atoms with van der Waals surface area (Å²) < 4.78 is 0. The molecule has 0 bridgehead atoms. The Hall–Kier alpha value is -1.26. The van der Waals surface area contributed by atoms with Crippen LogP contribution in [-0.2, 0) is 4.79 Å². The van der Waals surface area contributed by atoms with E-state index in [0.29, 0.717) is 12.0 Å². The van der Waals surface area contributed by atoms with E-state index in [-0.39, 0.29) is 24.5 Å². The van der Waals surface area contributed by atoms with Gasteiger partial charge < -0.3 is 14.9 Å². The van der Waals surface area contributed by atoms with Crippen molar-refractivity contribution in [1.82, 2.24) is 9.80 Å². The summed E-state index contributed by atoms with van der Waals surface area (Å²) in [7, 11) is 0. The number of carboxylic acid groups (broad SMARTS) is 1. The Balaban J connectivity index is 2.77. The Labute approximate surface area is 128 Å². The van der Waals surface area contributed by atoms with Crippen molar-refractivity contribution in [2.24, 2.45) is 5.92 Å². The number of urea groups is 1. The van der Waals surface area contributed by atoms with Gasteiger partial charge in [-0.3, -0.25) is 4.79 Å². The number of aliphatic carboxylic acids is 1. The first kappa shape index (κ1) is 17.8. The molecule has 122 valence electrons. The molecule has 0 aromatic heterocycles. The smallest absolute Gasteiger partial charge is 0.320 e. The average Bonchev–Trinajstić information content (AvgIpc) is 3.11. The molecule has 1 fully saturated rings. The van der Waals surface area contributed by atoms with Crippen molar-refractivity contribution >= 4 is 12.0 Å². The second kappa shape index (κ2) is 7.14. The average molecular weight is 298 g/mol. The highest BCUT2D eigenvalue weighted by Gasteiger charge is 2.37. The van der Waals surface area contributed by atoms with Gasteiger partial charge in [0.2, 0.25) is 0 Å². The summed E-state index contributed by atoms with van der Waals surface area (Å²) in [6, 6.07) is 0.345. The van der Waals surface area contributed by atoms with Gasteiger partial charge in [-0.15, -0.1) is 0 Å². The maximum absolute atomic E-state index is 12.9. The zero-order valence-electron chi connectivity index (χ0n) is 14.1. The summed E-state index contributed by atoms with van der Waals surface area (Å²) in [5, 5.41) is 8.89. The lowest BCUT2D eigenvalue weighted by Gasteiger charge is -2.39. The Morgan fingerprint density at radius 1 is 1.19 bits per heavy atom. The molecule has 21 heavy (non-hydrogen) atoms. The fraction of sp³-hybridized carbons (Fsp3) is 0.875. The third kappa shape index (κ3) is 5.94. The summed E-state index contributed by atoms with van der Waals surface area (Å²) in [5.74, 6) is -0.307. The van der Waals surface area contributed by atoms with Gasteiger partial charge in [0.05, 0.1) is 6.42 Å². The topological polar surface area (TPSA) is 60.9 Å². The summed E-state index contributed by atoms with van der Waals surface area (Å²) in [4.78, 5) is 27.3. The zero-order valence-corrected chi connectivity index (χ0v) is 14.1. The summed E-state index contributed by atoms with van der Waals surface area (Å²) in [5.41, 5.74) is -0.364. The maximum atomic E-state index is 12.9. The van der Waals surface area contributed by atoms with Crippen molar-refractivity contribution in [2.45, 2.75) is 71.9 Å². The van der Waals surface area contributed by atoms with E-state index in [1.54, 1.807) is 4.90 Å². The Morgan fingerprint density at radius 3 is 2.14 bits per heavy atom. The van der Waals surface area contributed by atoms with Crippen LogP contribution in [0, 0.1) is 5.92 Å². The number of hydrogen-bond donors (Lipinski definition) is 1. The zero-order chi connectivity index (χ0) is 16.2. The van der Waals surface area contributed by atoms with E-state index in [1.165, 1.54) is 0 Å². The molecule has 1 N–H and O–H groups in total. The molecule has 1 aliphatic rings. The Kier molecular flexibility index (Phi) is 6.05. The molecular formula is C16H30N2O3. The molecule has 0 aliphatic heterocycles. The van der Waals surface area contributed by atoms with Gasteiger partial charge in [-0.25, -0.2) is 4.79 Å². The molecule has 0 radical (unpaired) electrons. The van der Waals surface area contributed by atoms with Crippen LogP contribution in [0.3, 0.4) is 0 Å². The lowest BCUT2D eigenvalue weighted by atomic mass is 10.1. The lowest BCUT2D eigenvalue weighted by molar-refractivity contribution is -0.137. The SMILES string of the molecule is CC(C)CCN(C(=O)N(CCC(=O)O)C(C)(C)C)C1CC1. The van der Waals surface area contributed by atoms with Crippen LogP contribution in [-0.4, -0.2) is 51.6 Å². The van der Waals surface area contributed by atoms with Gasteiger partial charge in [-0.05, 0) is 46.0 Å². The van der Waals surface area contributed by atoms with Crippen LogP contribution in [0.15, 0.2) is 0 Å². The highest BCUT2D eigenvalue weighted by atomic mass is 16.4. The minimum Gasteiger partial charge on any atom is -0.481 e. The normalized spacial score (nSPS) is 15.1. The van der Waals surface area contributed by atoms with E-state index in [9.17, 15) is 9.59 Å². The van der Waals surface area contributed by atoms with E-state index in [4.69, 9.17) is 5.11 Å². The van der Waals surface area contributed by atoms with Crippen LogP contribution in [0.1, 0.15) is 60.3 Å². The molecule has 5 nitrogen and oxygen atoms in total. The van der Waals surface area contributed by atoms with Crippen molar-refractivity contribution in [3.8, 4) is 0 Å². The number of rotatable bonds is 7.